The van der Waals surface area contributed by atoms with Gasteiger partial charge in [0.15, 0.2) is 0 Å². The molecule has 5 rings (SSSR count). The molecular formula is C25H21ClN4O3. The number of nitrogens with one attached hydrogen (secondary N) is 2. The molecule has 2 aromatic carbocycles. The molecule has 0 unspecified atom stereocenters. The third-order valence-electron chi connectivity index (χ3n) is 6.11. The number of hydrogen-bond acceptors (Lipinski definition) is 4. The first-order valence-electron chi connectivity index (χ1n) is 10.7. The van der Waals surface area contributed by atoms with Crippen molar-refractivity contribution in [1.29, 1.82) is 0 Å². The van der Waals surface area contributed by atoms with Crippen LogP contribution < -0.4 is 10.6 Å². The molecule has 33 heavy (non-hydrogen) atoms. The molecule has 8 heteroatoms. The van der Waals surface area contributed by atoms with E-state index in [0.717, 1.165) is 11.1 Å². The lowest BCUT2D eigenvalue weighted by atomic mass is 9.95. The molecule has 0 radical (unpaired) electrons. The highest BCUT2D eigenvalue weighted by Gasteiger charge is 2.40. The topological polar surface area (TPSA) is 91.4 Å². The maximum absolute atomic E-state index is 13.4. The Kier molecular flexibility index (Phi) is 5.56. The van der Waals surface area contributed by atoms with E-state index in [1.807, 2.05) is 18.2 Å². The van der Waals surface area contributed by atoms with Gasteiger partial charge in [0, 0.05) is 30.0 Å². The molecule has 3 aromatic rings. The Labute approximate surface area is 195 Å². The number of anilines is 1. The summed E-state index contributed by atoms with van der Waals surface area (Å²) in [5, 5.41) is 6.51. The number of amides is 3. The van der Waals surface area contributed by atoms with Crippen molar-refractivity contribution >= 4 is 35.0 Å². The average Bonchev–Trinajstić information content (AvgIpc) is 2.94. The predicted molar refractivity (Wildman–Crippen MR) is 125 cm³/mol. The smallest absolute Gasteiger partial charge is 0.256 e. The summed E-state index contributed by atoms with van der Waals surface area (Å²) >= 11 is 5.99. The first-order chi connectivity index (χ1) is 16.0. The molecule has 2 aliphatic heterocycles. The number of carbonyl (C=O) groups is 3. The Morgan fingerprint density at radius 2 is 1.88 bits per heavy atom. The molecule has 1 fully saturated rings. The fourth-order valence-electron chi connectivity index (χ4n) is 4.38. The van der Waals surface area contributed by atoms with Crippen LogP contribution in [0.1, 0.15) is 33.6 Å². The van der Waals surface area contributed by atoms with E-state index >= 15 is 0 Å². The highest BCUT2D eigenvalue weighted by molar-refractivity contribution is 6.30. The quantitative estimate of drug-likeness (QED) is 0.622. The van der Waals surface area contributed by atoms with Crippen LogP contribution in [0.25, 0.3) is 11.1 Å². The Bertz CT molecular complexity index is 1230. The van der Waals surface area contributed by atoms with Gasteiger partial charge in [0.1, 0.15) is 6.04 Å². The summed E-state index contributed by atoms with van der Waals surface area (Å²) in [5.41, 5.74) is 3.21. The molecule has 0 bridgehead atoms. The van der Waals surface area contributed by atoms with Gasteiger partial charge < -0.3 is 15.5 Å². The van der Waals surface area contributed by atoms with Gasteiger partial charge in [-0.25, -0.2) is 0 Å². The van der Waals surface area contributed by atoms with Gasteiger partial charge in [0.05, 0.1) is 16.8 Å². The summed E-state index contributed by atoms with van der Waals surface area (Å²) in [6, 6.07) is 15.3. The standard InChI is InChI=1S/C25H21ClN4O3/c26-18-6-3-15(4-7-18)16-5-8-21-20(12-16)25(33)30-11-9-19(13-22(30)24(32)29-21)28-23(31)17-2-1-10-27-14-17/h1-8,10,12,14,19,22H,9,11,13H2,(H,28,31)(H,29,32)/t19-,22-/m0/s1. The maximum atomic E-state index is 13.4. The molecule has 2 atom stereocenters. The van der Waals surface area contributed by atoms with Crippen LogP contribution in [-0.2, 0) is 4.79 Å². The van der Waals surface area contributed by atoms with E-state index in [1.165, 1.54) is 6.20 Å². The van der Waals surface area contributed by atoms with Crippen molar-refractivity contribution in [2.75, 3.05) is 11.9 Å². The molecule has 0 saturated carbocycles. The molecule has 3 heterocycles. The number of aromatic nitrogens is 1. The summed E-state index contributed by atoms with van der Waals surface area (Å²) in [6.07, 6.45) is 4.02. The zero-order chi connectivity index (χ0) is 22.9. The lowest BCUT2D eigenvalue weighted by molar-refractivity contribution is -0.121. The van der Waals surface area contributed by atoms with Crippen LogP contribution in [0, 0.1) is 0 Å². The molecule has 7 nitrogen and oxygen atoms in total. The fourth-order valence-corrected chi connectivity index (χ4v) is 4.50. The summed E-state index contributed by atoms with van der Waals surface area (Å²) in [6.45, 7) is 0.375. The largest absolute Gasteiger partial charge is 0.349 e. The summed E-state index contributed by atoms with van der Waals surface area (Å²) in [4.78, 5) is 44.5. The molecule has 0 spiro atoms. The highest BCUT2D eigenvalue weighted by Crippen LogP contribution is 2.32. The number of hydrogen-bond donors (Lipinski definition) is 2. The fraction of sp³-hybridized carbons (Fsp3) is 0.200. The van der Waals surface area contributed by atoms with Crippen molar-refractivity contribution < 1.29 is 14.4 Å². The van der Waals surface area contributed by atoms with Gasteiger partial charge in [-0.2, -0.15) is 0 Å². The van der Waals surface area contributed by atoms with Crippen molar-refractivity contribution in [3.05, 3.63) is 83.1 Å². The molecule has 1 saturated heterocycles. The van der Waals surface area contributed by atoms with E-state index in [4.69, 9.17) is 11.6 Å². The van der Waals surface area contributed by atoms with Crippen LogP contribution in [0.5, 0.6) is 0 Å². The zero-order valence-corrected chi connectivity index (χ0v) is 18.4. The van der Waals surface area contributed by atoms with Crippen molar-refractivity contribution in [2.24, 2.45) is 0 Å². The predicted octanol–water partition coefficient (Wildman–Crippen LogP) is 3.76. The number of pyridine rings is 1. The van der Waals surface area contributed by atoms with Crippen LogP contribution in [0.4, 0.5) is 5.69 Å². The average molecular weight is 461 g/mol. The number of nitrogens with zero attached hydrogens (tertiary/aromatic N) is 2. The van der Waals surface area contributed by atoms with Gasteiger partial charge >= 0.3 is 0 Å². The minimum absolute atomic E-state index is 0.193. The van der Waals surface area contributed by atoms with Crippen molar-refractivity contribution in [3.63, 3.8) is 0 Å². The summed E-state index contributed by atoms with van der Waals surface area (Å²) < 4.78 is 0. The number of rotatable bonds is 3. The Balaban J connectivity index is 1.37. The second-order valence-electron chi connectivity index (χ2n) is 8.21. The minimum atomic E-state index is -0.656. The molecule has 2 N–H and O–H groups in total. The third-order valence-corrected chi connectivity index (χ3v) is 6.36. The van der Waals surface area contributed by atoms with Crippen molar-refractivity contribution in [3.8, 4) is 11.1 Å². The SMILES string of the molecule is O=C(N[C@H]1CCN2C(=O)c3cc(-c4ccc(Cl)cc4)ccc3NC(=O)[C@@H]2C1)c1cccnc1. The Morgan fingerprint density at radius 1 is 1.09 bits per heavy atom. The van der Waals surface area contributed by atoms with Gasteiger partial charge in [-0.15, -0.1) is 0 Å². The Morgan fingerprint density at radius 3 is 2.64 bits per heavy atom. The van der Waals surface area contributed by atoms with E-state index in [2.05, 4.69) is 15.6 Å². The van der Waals surface area contributed by atoms with Gasteiger partial charge in [-0.3, -0.25) is 19.4 Å². The van der Waals surface area contributed by atoms with Crippen LogP contribution in [-0.4, -0.2) is 46.2 Å². The summed E-state index contributed by atoms with van der Waals surface area (Å²) in [5.74, 6) is -0.680. The normalized spacial score (nSPS) is 19.7. The van der Waals surface area contributed by atoms with E-state index < -0.39 is 6.04 Å². The molecule has 166 valence electrons. The van der Waals surface area contributed by atoms with Crippen LogP contribution in [0.15, 0.2) is 67.0 Å². The second-order valence-corrected chi connectivity index (χ2v) is 8.64. The number of benzene rings is 2. The van der Waals surface area contributed by atoms with E-state index in [0.29, 0.717) is 41.2 Å². The van der Waals surface area contributed by atoms with Crippen molar-refractivity contribution in [2.45, 2.75) is 24.9 Å². The minimum Gasteiger partial charge on any atom is -0.349 e. The first-order valence-corrected chi connectivity index (χ1v) is 11.1. The first kappa shape index (κ1) is 21.2. The van der Waals surface area contributed by atoms with Crippen LogP contribution in [0.3, 0.4) is 0 Å². The van der Waals surface area contributed by atoms with Gasteiger partial charge in [0.2, 0.25) is 5.91 Å². The zero-order valence-electron chi connectivity index (χ0n) is 17.6. The lowest BCUT2D eigenvalue weighted by Gasteiger charge is -2.37. The van der Waals surface area contributed by atoms with Gasteiger partial charge in [-0.1, -0.05) is 29.8 Å². The van der Waals surface area contributed by atoms with E-state index in [9.17, 15) is 14.4 Å². The Hall–Kier alpha value is -3.71. The number of piperidine rings is 1. The van der Waals surface area contributed by atoms with Gasteiger partial charge in [0.25, 0.3) is 11.8 Å². The second kappa shape index (κ2) is 8.67. The molecule has 1 aromatic heterocycles. The van der Waals surface area contributed by atoms with E-state index in [-0.39, 0.29) is 23.8 Å². The molecular weight excluding hydrogens is 440 g/mol. The van der Waals surface area contributed by atoms with Crippen molar-refractivity contribution in [1.82, 2.24) is 15.2 Å². The summed E-state index contributed by atoms with van der Waals surface area (Å²) in [7, 11) is 0. The monoisotopic (exact) mass is 460 g/mol. The number of fused-ring (bicyclic) bond motifs is 2. The van der Waals surface area contributed by atoms with E-state index in [1.54, 1.807) is 47.5 Å². The molecule has 3 amide bonds. The van der Waals surface area contributed by atoms with Crippen LogP contribution in [0.2, 0.25) is 5.02 Å². The highest BCUT2D eigenvalue weighted by atomic mass is 35.5. The maximum Gasteiger partial charge on any atom is 0.256 e. The third kappa shape index (κ3) is 4.19. The lowest BCUT2D eigenvalue weighted by Crippen LogP contribution is -2.55. The van der Waals surface area contributed by atoms with Crippen LogP contribution >= 0.6 is 11.6 Å². The molecule has 2 aliphatic rings. The van der Waals surface area contributed by atoms with Gasteiger partial charge in [-0.05, 0) is 60.4 Å². The number of carbonyl (C=O) groups excluding carboxylic acids is 3. The number of halogens is 1. The molecule has 0 aliphatic carbocycles.